The Bertz CT molecular complexity index is 242. The zero-order valence-electron chi connectivity index (χ0n) is 7.12. The Kier molecular flexibility index (Phi) is 2.75. The minimum atomic E-state index is -3.36. The van der Waals surface area contributed by atoms with Crippen LogP contribution in [0.3, 0.4) is 0 Å². The maximum absolute atomic E-state index is 10.9. The van der Waals surface area contributed by atoms with E-state index in [1.165, 1.54) is 0 Å². The summed E-state index contributed by atoms with van der Waals surface area (Å²) < 4.78 is 21.7. The van der Waals surface area contributed by atoms with Crippen LogP contribution < -0.4 is 10.9 Å². The van der Waals surface area contributed by atoms with Crippen molar-refractivity contribution in [1.29, 1.82) is 0 Å². The Hall–Kier alpha value is -0.130. The van der Waals surface area contributed by atoms with Crippen molar-refractivity contribution in [1.82, 2.24) is 0 Å². The van der Waals surface area contributed by atoms with Crippen LogP contribution in [-0.4, -0.2) is 20.7 Å². The van der Waals surface area contributed by atoms with Crippen molar-refractivity contribution in [2.45, 2.75) is 25.7 Å². The Balaban J connectivity index is 2.68. The van der Waals surface area contributed by atoms with Crippen LogP contribution in [0, 0.1) is 5.41 Å². The smallest absolute Gasteiger partial charge is 0.209 e. The van der Waals surface area contributed by atoms with Gasteiger partial charge in [-0.2, -0.15) is 0 Å². The summed E-state index contributed by atoms with van der Waals surface area (Å²) in [6.07, 6.45) is 3.96. The highest BCUT2D eigenvalue weighted by molar-refractivity contribution is 7.89. The SMILES string of the molecule is NCC1(CS(N)(=O)=O)CCCC1. The first-order chi connectivity index (χ1) is 5.47. The third-order valence-electron chi connectivity index (χ3n) is 2.60. The summed E-state index contributed by atoms with van der Waals surface area (Å²) in [5, 5.41) is 4.99. The molecular formula is C7H16N2O2S. The maximum Gasteiger partial charge on any atom is 0.209 e. The molecule has 0 atom stereocenters. The highest BCUT2D eigenvalue weighted by Crippen LogP contribution is 2.37. The molecule has 0 aromatic carbocycles. The minimum Gasteiger partial charge on any atom is -0.330 e. The molecule has 0 bridgehead atoms. The van der Waals surface area contributed by atoms with Gasteiger partial charge >= 0.3 is 0 Å². The van der Waals surface area contributed by atoms with Gasteiger partial charge in [0.25, 0.3) is 0 Å². The van der Waals surface area contributed by atoms with E-state index in [1.807, 2.05) is 0 Å². The fourth-order valence-corrected chi connectivity index (χ4v) is 3.22. The van der Waals surface area contributed by atoms with Crippen LogP contribution in [0.25, 0.3) is 0 Å². The lowest BCUT2D eigenvalue weighted by molar-refractivity contribution is 0.351. The van der Waals surface area contributed by atoms with Gasteiger partial charge in [0.2, 0.25) is 10.0 Å². The van der Waals surface area contributed by atoms with Gasteiger partial charge in [0.1, 0.15) is 0 Å². The highest BCUT2D eigenvalue weighted by Gasteiger charge is 2.35. The molecule has 5 heteroatoms. The average Bonchev–Trinajstić information content (AvgIpc) is 2.34. The standard InChI is InChI=1S/C7H16N2O2S/c8-5-7(3-1-2-4-7)6-12(9,10)11/h1-6,8H2,(H2,9,10,11). The molecule has 0 amide bonds. The normalized spacial score (nSPS) is 22.8. The predicted octanol–water partition coefficient (Wildman–Crippen LogP) is -0.206. The summed E-state index contributed by atoms with van der Waals surface area (Å²) in [4.78, 5) is 0. The Morgan fingerprint density at radius 2 is 1.75 bits per heavy atom. The molecule has 4 nitrogen and oxygen atoms in total. The van der Waals surface area contributed by atoms with E-state index < -0.39 is 10.0 Å². The van der Waals surface area contributed by atoms with Gasteiger partial charge in [-0.05, 0) is 24.8 Å². The van der Waals surface area contributed by atoms with Crippen molar-refractivity contribution in [3.63, 3.8) is 0 Å². The molecule has 1 aliphatic rings. The zero-order chi connectivity index (χ0) is 9.24. The van der Waals surface area contributed by atoms with E-state index >= 15 is 0 Å². The van der Waals surface area contributed by atoms with Crippen molar-refractivity contribution in [3.05, 3.63) is 0 Å². The molecule has 0 heterocycles. The monoisotopic (exact) mass is 192 g/mol. The number of hydrogen-bond acceptors (Lipinski definition) is 3. The predicted molar refractivity (Wildman–Crippen MR) is 47.9 cm³/mol. The molecule has 0 aromatic rings. The molecule has 0 aliphatic heterocycles. The van der Waals surface area contributed by atoms with Crippen molar-refractivity contribution in [3.8, 4) is 0 Å². The quantitative estimate of drug-likeness (QED) is 0.649. The van der Waals surface area contributed by atoms with E-state index in [0.29, 0.717) is 6.54 Å². The van der Waals surface area contributed by atoms with E-state index in [0.717, 1.165) is 25.7 Å². The van der Waals surface area contributed by atoms with Gasteiger partial charge in [0.15, 0.2) is 0 Å². The first-order valence-electron chi connectivity index (χ1n) is 4.18. The molecule has 0 aromatic heterocycles. The topological polar surface area (TPSA) is 86.2 Å². The van der Waals surface area contributed by atoms with E-state index in [4.69, 9.17) is 10.9 Å². The summed E-state index contributed by atoms with van der Waals surface area (Å²) in [5.41, 5.74) is 5.34. The first kappa shape index (κ1) is 9.95. The number of sulfonamides is 1. The average molecular weight is 192 g/mol. The second-order valence-corrected chi connectivity index (χ2v) is 5.33. The van der Waals surface area contributed by atoms with Gasteiger partial charge in [-0.25, -0.2) is 13.6 Å². The van der Waals surface area contributed by atoms with Crippen LogP contribution in [0.1, 0.15) is 25.7 Å². The molecule has 0 unspecified atom stereocenters. The first-order valence-corrected chi connectivity index (χ1v) is 5.90. The largest absolute Gasteiger partial charge is 0.330 e. The van der Waals surface area contributed by atoms with Gasteiger partial charge in [-0.15, -0.1) is 0 Å². The van der Waals surface area contributed by atoms with Crippen LogP contribution in [0.4, 0.5) is 0 Å². The Morgan fingerprint density at radius 3 is 2.08 bits per heavy atom. The van der Waals surface area contributed by atoms with Crippen LogP contribution >= 0.6 is 0 Å². The van der Waals surface area contributed by atoms with Crippen molar-refractivity contribution >= 4 is 10.0 Å². The molecule has 1 fully saturated rings. The highest BCUT2D eigenvalue weighted by atomic mass is 32.2. The van der Waals surface area contributed by atoms with E-state index in [9.17, 15) is 8.42 Å². The van der Waals surface area contributed by atoms with Gasteiger partial charge in [0.05, 0.1) is 5.75 Å². The molecule has 12 heavy (non-hydrogen) atoms. The van der Waals surface area contributed by atoms with Crippen molar-refractivity contribution in [2.75, 3.05) is 12.3 Å². The number of rotatable bonds is 3. The van der Waals surface area contributed by atoms with Crippen LogP contribution in [0.5, 0.6) is 0 Å². The minimum absolute atomic E-state index is 0.0521. The fraction of sp³-hybridized carbons (Fsp3) is 1.00. The Labute approximate surface area is 73.4 Å². The maximum atomic E-state index is 10.9. The van der Waals surface area contributed by atoms with E-state index in [2.05, 4.69) is 0 Å². The molecule has 72 valence electrons. The van der Waals surface area contributed by atoms with Crippen molar-refractivity contribution < 1.29 is 8.42 Å². The molecular weight excluding hydrogens is 176 g/mol. The lowest BCUT2D eigenvalue weighted by Gasteiger charge is -2.25. The molecule has 0 spiro atoms. The number of nitrogens with two attached hydrogens (primary N) is 2. The lowest BCUT2D eigenvalue weighted by Crippen LogP contribution is -2.37. The van der Waals surface area contributed by atoms with E-state index in [-0.39, 0.29) is 11.2 Å². The summed E-state index contributed by atoms with van der Waals surface area (Å²) in [6.45, 7) is 0.434. The number of primary sulfonamides is 1. The summed E-state index contributed by atoms with van der Waals surface area (Å²) in [7, 11) is -3.36. The van der Waals surface area contributed by atoms with Gasteiger partial charge in [-0.3, -0.25) is 0 Å². The summed E-state index contributed by atoms with van der Waals surface area (Å²) in [5.74, 6) is 0.0521. The van der Waals surface area contributed by atoms with Crippen LogP contribution in [0.2, 0.25) is 0 Å². The van der Waals surface area contributed by atoms with Gasteiger partial charge in [0, 0.05) is 0 Å². The second kappa shape index (κ2) is 3.32. The summed E-state index contributed by atoms with van der Waals surface area (Å²) >= 11 is 0. The molecule has 1 rings (SSSR count). The molecule has 0 saturated heterocycles. The van der Waals surface area contributed by atoms with Gasteiger partial charge < -0.3 is 5.73 Å². The van der Waals surface area contributed by atoms with Crippen LogP contribution in [0.15, 0.2) is 0 Å². The third kappa shape index (κ3) is 2.43. The molecule has 4 N–H and O–H groups in total. The summed E-state index contributed by atoms with van der Waals surface area (Å²) in [6, 6.07) is 0. The lowest BCUT2D eigenvalue weighted by atomic mass is 9.89. The van der Waals surface area contributed by atoms with Crippen molar-refractivity contribution in [2.24, 2.45) is 16.3 Å². The zero-order valence-corrected chi connectivity index (χ0v) is 7.94. The van der Waals surface area contributed by atoms with Gasteiger partial charge in [-0.1, -0.05) is 12.8 Å². The molecule has 1 saturated carbocycles. The van der Waals surface area contributed by atoms with Crippen LogP contribution in [-0.2, 0) is 10.0 Å². The third-order valence-corrected chi connectivity index (χ3v) is 3.62. The number of hydrogen-bond donors (Lipinski definition) is 2. The fourth-order valence-electron chi connectivity index (χ4n) is 1.96. The Morgan fingerprint density at radius 1 is 1.25 bits per heavy atom. The molecule has 0 radical (unpaired) electrons. The van der Waals surface area contributed by atoms with E-state index in [1.54, 1.807) is 0 Å². The second-order valence-electron chi connectivity index (χ2n) is 3.72. The molecule has 1 aliphatic carbocycles.